The Labute approximate surface area is 313 Å². The van der Waals surface area contributed by atoms with Crippen LogP contribution in [-0.2, 0) is 26.5 Å². The summed E-state index contributed by atoms with van der Waals surface area (Å²) >= 11 is 0. The van der Waals surface area contributed by atoms with E-state index >= 15 is 0 Å². The minimum Gasteiger partial charge on any atom is -0.395 e. The summed E-state index contributed by atoms with van der Waals surface area (Å²) < 4.78 is 61.2. The van der Waals surface area contributed by atoms with E-state index in [9.17, 15) is 21.9 Å². The van der Waals surface area contributed by atoms with E-state index in [1.54, 1.807) is 94.0 Å². The van der Waals surface area contributed by atoms with Crippen LogP contribution in [0, 0.1) is 0 Å². The van der Waals surface area contributed by atoms with Crippen LogP contribution in [0.25, 0.3) is 44.8 Å². The van der Waals surface area contributed by atoms with Gasteiger partial charge in [-0.15, -0.1) is 0 Å². The molecular weight excluding hydrogens is 729 g/mol. The summed E-state index contributed by atoms with van der Waals surface area (Å²) in [6.07, 6.45) is 9.37. The molecule has 4 aromatic heterocycles. The molecular formula is C37H38N10O5S2. The molecule has 15 nitrogen and oxygen atoms in total. The molecule has 1 unspecified atom stereocenters. The summed E-state index contributed by atoms with van der Waals surface area (Å²) in [5.74, 6) is 0.253. The molecule has 1 atom stereocenters. The molecule has 278 valence electrons. The van der Waals surface area contributed by atoms with E-state index in [0.717, 1.165) is 0 Å². The van der Waals surface area contributed by atoms with Gasteiger partial charge in [-0.25, -0.2) is 46.2 Å². The number of nitrogens with two attached hydrogens (primary N) is 2. The fraction of sp³-hybridized carbons (Fsp3) is 0.189. The van der Waals surface area contributed by atoms with Gasteiger partial charge in [0.2, 0.25) is 31.9 Å². The molecule has 54 heavy (non-hydrogen) atoms. The van der Waals surface area contributed by atoms with Gasteiger partial charge in [-0.3, -0.25) is 9.97 Å². The van der Waals surface area contributed by atoms with Crippen LogP contribution >= 0.6 is 0 Å². The van der Waals surface area contributed by atoms with Gasteiger partial charge in [0.15, 0.2) is 0 Å². The molecule has 0 radical (unpaired) electrons. The molecule has 0 aliphatic carbocycles. The smallest absolute Gasteiger partial charge is 0.241 e. The lowest BCUT2D eigenvalue weighted by Gasteiger charge is -2.28. The first kappa shape index (κ1) is 38.0. The number of aromatic nitrogens is 6. The molecule has 0 saturated carbocycles. The standard InChI is InChI=1S/C37H38N10O5S2/c1-23(22-48)46-53(49,50)33-10-6-7-24(34(33)26-12-14-31(41-17-26)28-20-44-36(39)45-21-28)15-37(2,3)47-54(51,52)32-9-5-4-8-29(32)25-11-13-30(40-16-25)27-18-42-35(38)43-19-27/h4-14,16-21,23,46-48H,15,22H2,1-3H3,(H2,38,42,43)(H2,39,44,45). The molecule has 6 rings (SSSR count). The van der Waals surface area contributed by atoms with Gasteiger partial charge in [0.25, 0.3) is 0 Å². The molecule has 0 aliphatic rings. The fourth-order valence-electron chi connectivity index (χ4n) is 5.89. The summed E-state index contributed by atoms with van der Waals surface area (Å²) in [6, 6.07) is 17.6. The number of nitrogens with zero attached hydrogens (tertiary/aromatic N) is 6. The van der Waals surface area contributed by atoms with Gasteiger partial charge in [-0.2, -0.15) is 0 Å². The second-order valence-corrected chi connectivity index (χ2v) is 16.5. The van der Waals surface area contributed by atoms with Gasteiger partial charge < -0.3 is 16.6 Å². The van der Waals surface area contributed by atoms with E-state index in [1.165, 1.54) is 30.7 Å². The summed E-state index contributed by atoms with van der Waals surface area (Å²) in [5.41, 5.74) is 14.8. The number of sulfonamides is 2. The Hall–Kier alpha value is -5.72. The predicted molar refractivity (Wildman–Crippen MR) is 205 cm³/mol. The maximum Gasteiger partial charge on any atom is 0.241 e. The van der Waals surface area contributed by atoms with Crippen LogP contribution in [0.4, 0.5) is 11.9 Å². The molecule has 0 spiro atoms. The number of hydrogen-bond acceptors (Lipinski definition) is 13. The van der Waals surface area contributed by atoms with Crippen molar-refractivity contribution in [2.24, 2.45) is 0 Å². The lowest BCUT2D eigenvalue weighted by Crippen LogP contribution is -2.45. The highest BCUT2D eigenvalue weighted by Gasteiger charge is 2.31. The van der Waals surface area contributed by atoms with Gasteiger partial charge in [-0.1, -0.05) is 42.5 Å². The minimum atomic E-state index is -4.16. The number of anilines is 2. The Morgan fingerprint density at radius 2 is 1.17 bits per heavy atom. The van der Waals surface area contributed by atoms with Crippen molar-refractivity contribution in [1.82, 2.24) is 39.3 Å². The Morgan fingerprint density at radius 1 is 0.648 bits per heavy atom. The number of nitrogens with one attached hydrogen (secondary N) is 2. The van der Waals surface area contributed by atoms with Crippen molar-refractivity contribution >= 4 is 31.9 Å². The van der Waals surface area contributed by atoms with Crippen LogP contribution in [0.3, 0.4) is 0 Å². The fourth-order valence-corrected chi connectivity index (χ4v) is 9.04. The average molecular weight is 767 g/mol. The van der Waals surface area contributed by atoms with Gasteiger partial charge >= 0.3 is 0 Å². The maximum absolute atomic E-state index is 14.2. The lowest BCUT2D eigenvalue weighted by molar-refractivity contribution is 0.265. The van der Waals surface area contributed by atoms with Crippen LogP contribution in [0.2, 0.25) is 0 Å². The number of rotatable bonds is 13. The topological polar surface area (TPSA) is 242 Å². The number of pyridine rings is 2. The average Bonchev–Trinajstić information content (AvgIpc) is 3.15. The SMILES string of the molecule is CC(CO)NS(=O)(=O)c1cccc(CC(C)(C)NS(=O)(=O)c2ccccc2-c2ccc(-c3cnc(N)nc3)nc2)c1-c1ccc(-c2cnc(N)nc2)nc1. The highest BCUT2D eigenvalue weighted by molar-refractivity contribution is 7.90. The normalized spacial score (nSPS) is 12.7. The third kappa shape index (κ3) is 8.56. The predicted octanol–water partition coefficient (Wildman–Crippen LogP) is 3.85. The first-order valence-electron chi connectivity index (χ1n) is 16.6. The highest BCUT2D eigenvalue weighted by atomic mass is 32.2. The molecule has 4 heterocycles. The van der Waals surface area contributed by atoms with Crippen molar-refractivity contribution < 1.29 is 21.9 Å². The van der Waals surface area contributed by atoms with Crippen molar-refractivity contribution in [2.75, 3.05) is 18.1 Å². The zero-order chi connectivity index (χ0) is 38.7. The molecule has 0 bridgehead atoms. The zero-order valence-corrected chi connectivity index (χ0v) is 31.2. The minimum absolute atomic E-state index is 0.0358. The van der Waals surface area contributed by atoms with Gasteiger partial charge in [0, 0.05) is 82.1 Å². The molecule has 7 N–H and O–H groups in total. The van der Waals surface area contributed by atoms with E-state index in [0.29, 0.717) is 50.3 Å². The van der Waals surface area contributed by atoms with E-state index in [-0.39, 0.29) is 28.1 Å². The number of aliphatic hydroxyl groups is 1. The van der Waals surface area contributed by atoms with Crippen molar-refractivity contribution in [2.45, 2.75) is 48.6 Å². The Balaban J connectivity index is 1.34. The lowest BCUT2D eigenvalue weighted by atomic mass is 9.90. The largest absolute Gasteiger partial charge is 0.395 e. The van der Waals surface area contributed by atoms with Gasteiger partial charge in [-0.05, 0) is 57.0 Å². The van der Waals surface area contributed by atoms with Crippen molar-refractivity contribution in [3.63, 3.8) is 0 Å². The van der Waals surface area contributed by atoms with Crippen LogP contribution in [0.5, 0.6) is 0 Å². The first-order valence-corrected chi connectivity index (χ1v) is 19.6. The molecule has 0 saturated heterocycles. The third-order valence-electron chi connectivity index (χ3n) is 8.31. The number of nitrogen functional groups attached to an aromatic ring is 2. The maximum atomic E-state index is 14.2. The summed E-state index contributed by atoms with van der Waals surface area (Å²) in [7, 11) is -8.32. The molecule has 0 fully saturated rings. The Kier molecular flexibility index (Phi) is 10.8. The highest BCUT2D eigenvalue weighted by Crippen LogP contribution is 2.35. The number of aliphatic hydroxyl groups excluding tert-OH is 1. The summed E-state index contributed by atoms with van der Waals surface area (Å²) in [4.78, 5) is 25.1. The van der Waals surface area contributed by atoms with Gasteiger partial charge in [0.1, 0.15) is 0 Å². The van der Waals surface area contributed by atoms with Crippen molar-refractivity contribution in [1.29, 1.82) is 0 Å². The summed E-state index contributed by atoms with van der Waals surface area (Å²) in [6.45, 7) is 4.57. The molecule has 17 heteroatoms. The number of hydrogen-bond donors (Lipinski definition) is 5. The molecule has 6 aromatic rings. The van der Waals surface area contributed by atoms with E-state index in [2.05, 4.69) is 39.3 Å². The van der Waals surface area contributed by atoms with Crippen molar-refractivity contribution in [3.8, 4) is 44.8 Å². The van der Waals surface area contributed by atoms with Crippen LogP contribution in [0.1, 0.15) is 26.3 Å². The molecule has 0 amide bonds. The van der Waals surface area contributed by atoms with Crippen LogP contribution in [0.15, 0.2) is 114 Å². The Morgan fingerprint density at radius 3 is 1.70 bits per heavy atom. The van der Waals surface area contributed by atoms with E-state index in [4.69, 9.17) is 11.5 Å². The zero-order valence-electron chi connectivity index (χ0n) is 29.5. The third-order valence-corrected chi connectivity index (χ3v) is 11.7. The van der Waals surface area contributed by atoms with Crippen LogP contribution in [-0.4, -0.2) is 70.0 Å². The summed E-state index contributed by atoms with van der Waals surface area (Å²) in [5, 5.41) is 9.62. The molecule has 0 aliphatic heterocycles. The van der Waals surface area contributed by atoms with E-state index < -0.39 is 38.2 Å². The van der Waals surface area contributed by atoms with Gasteiger partial charge in [0.05, 0.1) is 27.8 Å². The van der Waals surface area contributed by atoms with Crippen molar-refractivity contribution in [3.05, 3.63) is 109 Å². The first-order chi connectivity index (χ1) is 25.7. The second-order valence-electron chi connectivity index (χ2n) is 13.2. The second kappa shape index (κ2) is 15.3. The Bertz CT molecular complexity index is 2480. The monoisotopic (exact) mass is 766 g/mol. The van der Waals surface area contributed by atoms with Crippen LogP contribution < -0.4 is 20.9 Å². The van der Waals surface area contributed by atoms with E-state index in [1.807, 2.05) is 0 Å². The quantitative estimate of drug-likeness (QED) is 0.112. The molecule has 2 aromatic carbocycles. The number of benzene rings is 2.